The maximum absolute atomic E-state index is 11.8. The number of hydrazone groups is 1. The maximum atomic E-state index is 11.8. The SMILES string of the molecule is CN(C)c1ccc(/C=N\NC(=O)CNC(=O)c2ccccc2)cc1. The minimum absolute atomic E-state index is 0.134. The standard InChI is InChI=1S/C18H20N4O2/c1-22(2)16-10-8-14(9-11-16)12-20-21-17(23)13-19-18(24)15-6-4-3-5-7-15/h3-12H,13H2,1-2H3,(H,19,24)(H,21,23)/b20-12-. The Labute approximate surface area is 141 Å². The summed E-state index contributed by atoms with van der Waals surface area (Å²) in [6.07, 6.45) is 1.55. The molecular weight excluding hydrogens is 304 g/mol. The predicted octanol–water partition coefficient (Wildman–Crippen LogP) is 1.63. The van der Waals surface area contributed by atoms with Gasteiger partial charge in [0.15, 0.2) is 0 Å². The van der Waals surface area contributed by atoms with Crippen molar-refractivity contribution in [2.45, 2.75) is 0 Å². The van der Waals surface area contributed by atoms with E-state index < -0.39 is 0 Å². The first kappa shape index (κ1) is 17.2. The lowest BCUT2D eigenvalue weighted by molar-refractivity contribution is -0.120. The Morgan fingerprint density at radius 3 is 2.33 bits per heavy atom. The third kappa shape index (κ3) is 5.24. The Balaban J connectivity index is 1.77. The molecule has 0 aromatic heterocycles. The van der Waals surface area contributed by atoms with Gasteiger partial charge in [-0.25, -0.2) is 5.43 Å². The zero-order chi connectivity index (χ0) is 17.4. The van der Waals surface area contributed by atoms with E-state index in [4.69, 9.17) is 0 Å². The van der Waals surface area contributed by atoms with Gasteiger partial charge >= 0.3 is 0 Å². The van der Waals surface area contributed by atoms with E-state index in [1.54, 1.807) is 30.5 Å². The largest absolute Gasteiger partial charge is 0.378 e. The fourth-order valence-electron chi connectivity index (χ4n) is 1.93. The molecule has 6 nitrogen and oxygen atoms in total. The first-order valence-corrected chi connectivity index (χ1v) is 7.49. The molecule has 24 heavy (non-hydrogen) atoms. The lowest BCUT2D eigenvalue weighted by Crippen LogP contribution is -2.34. The summed E-state index contributed by atoms with van der Waals surface area (Å²) >= 11 is 0. The quantitative estimate of drug-likeness (QED) is 0.626. The van der Waals surface area contributed by atoms with Crippen LogP contribution in [0.2, 0.25) is 0 Å². The van der Waals surface area contributed by atoms with Crippen molar-refractivity contribution < 1.29 is 9.59 Å². The van der Waals surface area contributed by atoms with Gasteiger partial charge in [-0.2, -0.15) is 5.10 Å². The van der Waals surface area contributed by atoms with E-state index in [0.29, 0.717) is 5.56 Å². The van der Waals surface area contributed by atoms with Crippen LogP contribution in [0.15, 0.2) is 59.7 Å². The average Bonchev–Trinajstić information content (AvgIpc) is 2.61. The summed E-state index contributed by atoms with van der Waals surface area (Å²) < 4.78 is 0. The lowest BCUT2D eigenvalue weighted by Gasteiger charge is -2.11. The van der Waals surface area contributed by atoms with Crippen LogP contribution in [-0.4, -0.2) is 38.7 Å². The van der Waals surface area contributed by atoms with E-state index in [1.165, 1.54) is 0 Å². The normalized spacial score (nSPS) is 10.4. The number of carbonyl (C=O) groups excluding carboxylic acids is 2. The van der Waals surface area contributed by atoms with Crippen molar-refractivity contribution in [1.29, 1.82) is 0 Å². The number of rotatable bonds is 6. The number of hydrogen-bond donors (Lipinski definition) is 2. The average molecular weight is 324 g/mol. The summed E-state index contributed by atoms with van der Waals surface area (Å²) in [7, 11) is 3.93. The van der Waals surface area contributed by atoms with E-state index in [2.05, 4.69) is 15.8 Å². The monoisotopic (exact) mass is 324 g/mol. The molecular formula is C18H20N4O2. The van der Waals surface area contributed by atoms with Gasteiger partial charge in [-0.1, -0.05) is 30.3 Å². The summed E-state index contributed by atoms with van der Waals surface area (Å²) in [5.74, 6) is -0.686. The fraction of sp³-hybridized carbons (Fsp3) is 0.167. The van der Waals surface area contributed by atoms with Gasteiger partial charge in [-0.05, 0) is 29.8 Å². The minimum Gasteiger partial charge on any atom is -0.378 e. The first-order chi connectivity index (χ1) is 11.6. The molecule has 6 heteroatoms. The Kier molecular flexibility index (Phi) is 6.08. The molecule has 0 aliphatic rings. The molecule has 0 radical (unpaired) electrons. The highest BCUT2D eigenvalue weighted by Gasteiger charge is 2.06. The summed E-state index contributed by atoms with van der Waals surface area (Å²) in [6, 6.07) is 16.5. The van der Waals surface area contributed by atoms with Gasteiger partial charge in [0.1, 0.15) is 0 Å². The van der Waals surface area contributed by atoms with Crippen molar-refractivity contribution in [2.24, 2.45) is 5.10 Å². The number of amides is 2. The molecule has 0 heterocycles. The van der Waals surface area contributed by atoms with Crippen molar-refractivity contribution >= 4 is 23.7 Å². The summed E-state index contributed by atoms with van der Waals surface area (Å²) in [6.45, 7) is -0.134. The maximum Gasteiger partial charge on any atom is 0.259 e. The molecule has 0 unspecified atom stereocenters. The molecule has 0 bridgehead atoms. The van der Waals surface area contributed by atoms with Crippen LogP contribution in [0.5, 0.6) is 0 Å². The zero-order valence-electron chi connectivity index (χ0n) is 13.7. The number of hydrogen-bond acceptors (Lipinski definition) is 4. The number of nitrogens with one attached hydrogen (secondary N) is 2. The number of benzene rings is 2. The molecule has 2 aromatic rings. The molecule has 2 amide bonds. The predicted molar refractivity (Wildman–Crippen MR) is 95.3 cm³/mol. The second kappa shape index (κ2) is 8.47. The Morgan fingerprint density at radius 1 is 1.04 bits per heavy atom. The second-order valence-corrected chi connectivity index (χ2v) is 5.33. The topological polar surface area (TPSA) is 73.8 Å². The summed E-state index contributed by atoms with van der Waals surface area (Å²) in [5, 5.41) is 6.41. The number of anilines is 1. The van der Waals surface area contributed by atoms with Gasteiger partial charge in [0, 0.05) is 25.3 Å². The molecule has 2 rings (SSSR count). The molecule has 0 saturated carbocycles. The fourth-order valence-corrected chi connectivity index (χ4v) is 1.93. The van der Waals surface area contributed by atoms with Crippen LogP contribution in [0, 0.1) is 0 Å². The Morgan fingerprint density at radius 2 is 1.71 bits per heavy atom. The number of carbonyl (C=O) groups is 2. The Bertz CT molecular complexity index is 710. The number of nitrogens with zero attached hydrogens (tertiary/aromatic N) is 2. The van der Waals surface area contributed by atoms with Crippen LogP contribution < -0.4 is 15.6 Å². The van der Waals surface area contributed by atoms with E-state index in [-0.39, 0.29) is 18.4 Å². The van der Waals surface area contributed by atoms with Crippen LogP contribution in [-0.2, 0) is 4.79 Å². The first-order valence-electron chi connectivity index (χ1n) is 7.49. The van der Waals surface area contributed by atoms with Gasteiger partial charge in [-0.3, -0.25) is 9.59 Å². The van der Waals surface area contributed by atoms with Crippen molar-refractivity contribution in [1.82, 2.24) is 10.7 Å². The van der Waals surface area contributed by atoms with Crippen molar-refractivity contribution in [3.8, 4) is 0 Å². The van der Waals surface area contributed by atoms with Gasteiger partial charge < -0.3 is 10.2 Å². The molecule has 0 saturated heterocycles. The summed E-state index contributed by atoms with van der Waals surface area (Å²) in [4.78, 5) is 25.5. The van der Waals surface area contributed by atoms with E-state index in [0.717, 1.165) is 11.3 Å². The van der Waals surface area contributed by atoms with E-state index >= 15 is 0 Å². The molecule has 124 valence electrons. The minimum atomic E-state index is -0.388. The second-order valence-electron chi connectivity index (χ2n) is 5.33. The highest BCUT2D eigenvalue weighted by atomic mass is 16.2. The van der Waals surface area contributed by atoms with E-state index in [1.807, 2.05) is 49.3 Å². The molecule has 0 aliphatic carbocycles. The van der Waals surface area contributed by atoms with Crippen LogP contribution in [0.25, 0.3) is 0 Å². The highest BCUT2D eigenvalue weighted by molar-refractivity contribution is 5.96. The van der Waals surface area contributed by atoms with Crippen LogP contribution >= 0.6 is 0 Å². The van der Waals surface area contributed by atoms with Crippen LogP contribution in [0.4, 0.5) is 5.69 Å². The molecule has 2 aromatic carbocycles. The summed E-state index contributed by atoms with van der Waals surface area (Å²) in [5.41, 5.74) is 4.84. The van der Waals surface area contributed by atoms with Gasteiger partial charge in [0.25, 0.3) is 11.8 Å². The smallest absolute Gasteiger partial charge is 0.259 e. The van der Waals surface area contributed by atoms with Crippen LogP contribution in [0.3, 0.4) is 0 Å². The van der Waals surface area contributed by atoms with Crippen molar-refractivity contribution in [3.63, 3.8) is 0 Å². The zero-order valence-corrected chi connectivity index (χ0v) is 13.7. The van der Waals surface area contributed by atoms with Crippen LogP contribution in [0.1, 0.15) is 15.9 Å². The molecule has 0 atom stereocenters. The Hall–Kier alpha value is -3.15. The van der Waals surface area contributed by atoms with Gasteiger partial charge in [0.2, 0.25) is 0 Å². The third-order valence-electron chi connectivity index (χ3n) is 3.26. The van der Waals surface area contributed by atoms with Crippen molar-refractivity contribution in [2.75, 3.05) is 25.5 Å². The molecule has 0 fully saturated rings. The van der Waals surface area contributed by atoms with Gasteiger partial charge in [0.05, 0.1) is 12.8 Å². The lowest BCUT2D eigenvalue weighted by atomic mass is 10.2. The molecule has 2 N–H and O–H groups in total. The molecule has 0 aliphatic heterocycles. The molecule has 0 spiro atoms. The highest BCUT2D eigenvalue weighted by Crippen LogP contribution is 2.10. The van der Waals surface area contributed by atoms with Crippen molar-refractivity contribution in [3.05, 3.63) is 65.7 Å². The van der Waals surface area contributed by atoms with E-state index in [9.17, 15) is 9.59 Å². The third-order valence-corrected chi connectivity index (χ3v) is 3.26. The van der Waals surface area contributed by atoms with Gasteiger partial charge in [-0.15, -0.1) is 0 Å².